The molecule has 1 aliphatic heterocycles. The van der Waals surface area contributed by atoms with Crippen LogP contribution in [0, 0.1) is 0 Å². The van der Waals surface area contributed by atoms with Crippen molar-refractivity contribution >= 4 is 35.4 Å². The first-order valence-corrected chi connectivity index (χ1v) is 9.89. The molecule has 1 aliphatic rings. The number of ether oxygens (including phenoxy) is 1. The van der Waals surface area contributed by atoms with Crippen molar-refractivity contribution in [3.63, 3.8) is 0 Å². The SMILES string of the molecule is CC(C)(C)OC(=O)N1CCN(C(=O)C(C)(C)Sc2ccc(Cl)cc2)CC1. The number of piperazine rings is 1. The quantitative estimate of drug-likeness (QED) is 0.712. The highest BCUT2D eigenvalue weighted by Crippen LogP contribution is 2.34. The van der Waals surface area contributed by atoms with E-state index in [9.17, 15) is 9.59 Å². The zero-order valence-corrected chi connectivity index (χ0v) is 17.6. The lowest BCUT2D eigenvalue weighted by molar-refractivity contribution is -0.134. The fourth-order valence-electron chi connectivity index (χ4n) is 2.64. The average molecular weight is 399 g/mol. The van der Waals surface area contributed by atoms with Crippen LogP contribution in [0.25, 0.3) is 0 Å². The van der Waals surface area contributed by atoms with Crippen molar-refractivity contribution in [1.82, 2.24) is 9.80 Å². The molecule has 5 nitrogen and oxygen atoms in total. The van der Waals surface area contributed by atoms with E-state index in [0.29, 0.717) is 31.2 Å². The average Bonchev–Trinajstić information content (AvgIpc) is 2.54. The van der Waals surface area contributed by atoms with Gasteiger partial charge in [0.25, 0.3) is 0 Å². The van der Waals surface area contributed by atoms with Gasteiger partial charge in [-0.3, -0.25) is 4.79 Å². The lowest BCUT2D eigenvalue weighted by Crippen LogP contribution is -2.55. The molecule has 2 amide bonds. The first kappa shape index (κ1) is 20.9. The van der Waals surface area contributed by atoms with Gasteiger partial charge in [0.2, 0.25) is 5.91 Å². The van der Waals surface area contributed by atoms with Crippen LogP contribution >= 0.6 is 23.4 Å². The second-order valence-corrected chi connectivity index (χ2v) is 9.96. The molecule has 0 N–H and O–H groups in total. The third-order valence-electron chi connectivity index (χ3n) is 3.92. The number of rotatable bonds is 3. The molecule has 1 aromatic rings. The van der Waals surface area contributed by atoms with Gasteiger partial charge in [0.1, 0.15) is 5.60 Å². The molecule has 0 unspecified atom stereocenters. The van der Waals surface area contributed by atoms with Gasteiger partial charge in [-0.2, -0.15) is 0 Å². The zero-order chi connectivity index (χ0) is 19.5. The summed E-state index contributed by atoms with van der Waals surface area (Å²) in [5.41, 5.74) is -0.513. The highest BCUT2D eigenvalue weighted by Gasteiger charge is 2.36. The number of carbonyl (C=O) groups excluding carboxylic acids is 2. The Kier molecular flexibility index (Phi) is 6.51. The van der Waals surface area contributed by atoms with Gasteiger partial charge in [-0.05, 0) is 58.9 Å². The van der Waals surface area contributed by atoms with Gasteiger partial charge in [0.05, 0.1) is 4.75 Å². The standard InChI is InChI=1S/C19H27ClN2O3S/c1-18(2,3)25-17(24)22-12-10-21(11-13-22)16(23)19(4,5)26-15-8-6-14(20)7-9-15/h6-9H,10-13H2,1-5H3. The Hall–Kier alpha value is -1.40. The molecule has 0 spiro atoms. The van der Waals surface area contributed by atoms with E-state index in [2.05, 4.69) is 0 Å². The van der Waals surface area contributed by atoms with E-state index in [-0.39, 0.29) is 12.0 Å². The highest BCUT2D eigenvalue weighted by atomic mass is 35.5. The summed E-state index contributed by atoms with van der Waals surface area (Å²) in [5.74, 6) is 0.0706. The second-order valence-electron chi connectivity index (χ2n) is 7.83. The van der Waals surface area contributed by atoms with Crippen LogP contribution in [0.3, 0.4) is 0 Å². The molecular weight excluding hydrogens is 372 g/mol. The van der Waals surface area contributed by atoms with Crippen LogP contribution in [0.2, 0.25) is 5.02 Å². The summed E-state index contributed by atoms with van der Waals surface area (Å²) in [7, 11) is 0. The maximum Gasteiger partial charge on any atom is 0.410 e. The third kappa shape index (κ3) is 5.81. The molecule has 7 heteroatoms. The lowest BCUT2D eigenvalue weighted by atomic mass is 10.1. The van der Waals surface area contributed by atoms with Crippen molar-refractivity contribution in [3.8, 4) is 0 Å². The van der Waals surface area contributed by atoms with E-state index in [4.69, 9.17) is 16.3 Å². The Balaban J connectivity index is 1.92. The largest absolute Gasteiger partial charge is 0.444 e. The van der Waals surface area contributed by atoms with Crippen LogP contribution in [0.15, 0.2) is 29.2 Å². The number of benzene rings is 1. The van der Waals surface area contributed by atoms with Crippen molar-refractivity contribution in [2.45, 2.75) is 49.9 Å². The van der Waals surface area contributed by atoms with Crippen molar-refractivity contribution in [2.75, 3.05) is 26.2 Å². The summed E-state index contributed by atoms with van der Waals surface area (Å²) in [5, 5.41) is 0.678. The first-order valence-electron chi connectivity index (χ1n) is 8.70. The summed E-state index contributed by atoms with van der Waals surface area (Å²) in [6.07, 6.45) is -0.320. The van der Waals surface area contributed by atoms with E-state index in [1.807, 2.05) is 63.8 Å². The summed E-state index contributed by atoms with van der Waals surface area (Å²) >= 11 is 7.44. The number of thioether (sulfide) groups is 1. The fraction of sp³-hybridized carbons (Fsp3) is 0.579. The topological polar surface area (TPSA) is 49.9 Å². The Labute approximate surface area is 165 Å². The van der Waals surface area contributed by atoms with Crippen LogP contribution in [0.1, 0.15) is 34.6 Å². The molecule has 26 heavy (non-hydrogen) atoms. The smallest absolute Gasteiger partial charge is 0.410 e. The van der Waals surface area contributed by atoms with Crippen LogP contribution in [-0.2, 0) is 9.53 Å². The minimum Gasteiger partial charge on any atom is -0.444 e. The van der Waals surface area contributed by atoms with Crippen LogP contribution < -0.4 is 0 Å². The van der Waals surface area contributed by atoms with Crippen molar-refractivity contribution in [1.29, 1.82) is 0 Å². The van der Waals surface area contributed by atoms with Crippen LogP contribution in [0.5, 0.6) is 0 Å². The maximum atomic E-state index is 12.9. The van der Waals surface area contributed by atoms with E-state index in [1.54, 1.807) is 4.90 Å². The zero-order valence-electron chi connectivity index (χ0n) is 16.0. The molecular formula is C19H27ClN2O3S. The van der Waals surface area contributed by atoms with Gasteiger partial charge in [-0.25, -0.2) is 4.79 Å². The number of hydrogen-bond acceptors (Lipinski definition) is 4. The molecule has 1 fully saturated rings. The number of hydrogen-bond donors (Lipinski definition) is 0. The maximum absolute atomic E-state index is 12.9. The predicted octanol–water partition coefficient (Wildman–Crippen LogP) is 4.29. The molecule has 0 aliphatic carbocycles. The van der Waals surface area contributed by atoms with E-state index >= 15 is 0 Å². The molecule has 1 heterocycles. The number of amides is 2. The van der Waals surface area contributed by atoms with E-state index in [0.717, 1.165) is 4.90 Å². The minimum absolute atomic E-state index is 0.0706. The molecule has 144 valence electrons. The van der Waals surface area contributed by atoms with Crippen LogP contribution in [-0.4, -0.2) is 58.3 Å². The molecule has 0 saturated carbocycles. The van der Waals surface area contributed by atoms with Gasteiger partial charge >= 0.3 is 6.09 Å². The summed E-state index contributed by atoms with van der Waals surface area (Å²) < 4.78 is 4.80. The van der Waals surface area contributed by atoms with Crippen molar-refractivity contribution in [2.24, 2.45) is 0 Å². The van der Waals surface area contributed by atoms with Gasteiger partial charge in [-0.1, -0.05) is 11.6 Å². The fourth-order valence-corrected chi connectivity index (χ4v) is 3.84. The minimum atomic E-state index is -0.595. The van der Waals surface area contributed by atoms with Gasteiger partial charge in [0, 0.05) is 36.1 Å². The summed E-state index contributed by atoms with van der Waals surface area (Å²) in [6.45, 7) is 11.4. The van der Waals surface area contributed by atoms with Crippen LogP contribution in [0.4, 0.5) is 4.79 Å². The highest BCUT2D eigenvalue weighted by molar-refractivity contribution is 8.01. The Morgan fingerprint density at radius 3 is 1.96 bits per heavy atom. The molecule has 0 radical (unpaired) electrons. The van der Waals surface area contributed by atoms with Gasteiger partial charge < -0.3 is 14.5 Å². The number of nitrogens with zero attached hydrogens (tertiary/aromatic N) is 2. The lowest BCUT2D eigenvalue weighted by Gasteiger charge is -2.38. The second kappa shape index (κ2) is 8.09. The van der Waals surface area contributed by atoms with E-state index < -0.39 is 10.3 Å². The van der Waals surface area contributed by atoms with Gasteiger partial charge in [-0.15, -0.1) is 11.8 Å². The Morgan fingerprint density at radius 2 is 1.46 bits per heavy atom. The first-order chi connectivity index (χ1) is 12.0. The molecule has 1 aromatic carbocycles. The Morgan fingerprint density at radius 1 is 0.962 bits per heavy atom. The number of halogens is 1. The van der Waals surface area contributed by atoms with Gasteiger partial charge in [0.15, 0.2) is 0 Å². The monoisotopic (exact) mass is 398 g/mol. The molecule has 2 rings (SSSR count). The van der Waals surface area contributed by atoms with Crippen molar-refractivity contribution < 1.29 is 14.3 Å². The summed E-state index contributed by atoms with van der Waals surface area (Å²) in [6, 6.07) is 7.49. The molecule has 1 saturated heterocycles. The molecule has 0 bridgehead atoms. The third-order valence-corrected chi connectivity index (χ3v) is 5.37. The molecule has 0 atom stereocenters. The molecule has 0 aromatic heterocycles. The van der Waals surface area contributed by atoms with Crippen molar-refractivity contribution in [3.05, 3.63) is 29.3 Å². The predicted molar refractivity (Wildman–Crippen MR) is 106 cm³/mol. The normalized spacial score (nSPS) is 15.8. The number of carbonyl (C=O) groups is 2. The Bertz CT molecular complexity index is 648. The summed E-state index contributed by atoms with van der Waals surface area (Å²) in [4.78, 5) is 29.6. The van der Waals surface area contributed by atoms with E-state index in [1.165, 1.54) is 11.8 Å².